The lowest BCUT2D eigenvalue weighted by Crippen LogP contribution is -2.38. The van der Waals surface area contributed by atoms with Crippen LogP contribution in [0.25, 0.3) is 0 Å². The Morgan fingerprint density at radius 3 is 2.66 bits per heavy atom. The number of benzene rings is 2. The van der Waals surface area contributed by atoms with Gasteiger partial charge in [-0.25, -0.2) is 5.43 Å². The number of hydrogen-bond acceptors (Lipinski definition) is 5. The molecule has 3 N–H and O–H groups in total. The van der Waals surface area contributed by atoms with Crippen molar-refractivity contribution in [2.75, 3.05) is 25.6 Å². The van der Waals surface area contributed by atoms with Gasteiger partial charge >= 0.3 is 11.8 Å². The quantitative estimate of drug-likeness (QED) is 0.266. The lowest BCUT2D eigenvalue weighted by Gasteiger charge is -2.13. The van der Waals surface area contributed by atoms with Crippen molar-refractivity contribution in [1.82, 2.24) is 10.7 Å². The standard InChI is InChI=1S/C21H25ClN4O3/c1-14-5-6-15(2)19(11-14)25-18-8-7-17(22)12-16(18)13-24-26-21(28)20(27)23-9-4-10-29-3/h5-8,11-13,25H,4,9-10H2,1-3H3,(H,23,27)(H,26,28)/b24-13-. The summed E-state index contributed by atoms with van der Waals surface area (Å²) >= 11 is 6.10. The number of rotatable bonds is 8. The molecule has 0 fully saturated rings. The molecule has 7 nitrogen and oxygen atoms in total. The number of aryl methyl sites for hydroxylation is 2. The summed E-state index contributed by atoms with van der Waals surface area (Å²) in [5, 5.41) is 10.3. The molecule has 2 aromatic rings. The van der Waals surface area contributed by atoms with Gasteiger partial charge in [0.05, 0.1) is 6.21 Å². The second-order valence-electron chi connectivity index (χ2n) is 6.48. The van der Waals surface area contributed by atoms with Gasteiger partial charge in [-0.3, -0.25) is 9.59 Å². The van der Waals surface area contributed by atoms with Crippen LogP contribution in [0, 0.1) is 13.8 Å². The van der Waals surface area contributed by atoms with Gasteiger partial charge in [-0.15, -0.1) is 0 Å². The van der Waals surface area contributed by atoms with Gasteiger partial charge in [-0.05, 0) is 55.7 Å². The number of halogens is 1. The maximum absolute atomic E-state index is 11.8. The maximum atomic E-state index is 11.8. The van der Waals surface area contributed by atoms with Gasteiger partial charge in [0.25, 0.3) is 0 Å². The third-order valence-corrected chi connectivity index (χ3v) is 4.30. The van der Waals surface area contributed by atoms with E-state index in [4.69, 9.17) is 16.3 Å². The van der Waals surface area contributed by atoms with E-state index in [1.165, 1.54) is 6.21 Å². The van der Waals surface area contributed by atoms with Crippen molar-refractivity contribution in [3.05, 3.63) is 58.1 Å². The monoisotopic (exact) mass is 416 g/mol. The largest absolute Gasteiger partial charge is 0.385 e. The number of carbonyl (C=O) groups excluding carboxylic acids is 2. The van der Waals surface area contributed by atoms with E-state index in [-0.39, 0.29) is 0 Å². The molecule has 2 aromatic carbocycles. The molecule has 0 radical (unpaired) electrons. The molecule has 0 heterocycles. The minimum absolute atomic E-state index is 0.349. The molecule has 0 aliphatic heterocycles. The number of amides is 2. The van der Waals surface area contributed by atoms with Crippen LogP contribution in [0.15, 0.2) is 41.5 Å². The van der Waals surface area contributed by atoms with Crippen LogP contribution in [0.4, 0.5) is 11.4 Å². The molecule has 0 spiro atoms. The van der Waals surface area contributed by atoms with E-state index in [9.17, 15) is 9.59 Å². The topological polar surface area (TPSA) is 91.8 Å². The highest BCUT2D eigenvalue weighted by atomic mass is 35.5. The molecule has 0 unspecified atom stereocenters. The zero-order valence-corrected chi connectivity index (χ0v) is 17.5. The minimum Gasteiger partial charge on any atom is -0.385 e. The molecule has 2 rings (SSSR count). The zero-order valence-electron chi connectivity index (χ0n) is 16.7. The number of anilines is 2. The molecular weight excluding hydrogens is 392 g/mol. The van der Waals surface area contributed by atoms with E-state index in [1.54, 1.807) is 19.2 Å². The van der Waals surface area contributed by atoms with Crippen molar-refractivity contribution in [2.45, 2.75) is 20.3 Å². The molecule has 0 atom stereocenters. The fourth-order valence-corrected chi connectivity index (χ4v) is 2.66. The summed E-state index contributed by atoms with van der Waals surface area (Å²) in [7, 11) is 1.57. The molecule has 0 aliphatic carbocycles. The van der Waals surface area contributed by atoms with Gasteiger partial charge in [0.1, 0.15) is 0 Å². The number of hydrazone groups is 1. The van der Waals surface area contributed by atoms with Gasteiger partial charge in [0.2, 0.25) is 0 Å². The minimum atomic E-state index is -0.843. The first-order chi connectivity index (χ1) is 13.9. The summed E-state index contributed by atoms with van der Waals surface area (Å²) < 4.78 is 4.88. The summed E-state index contributed by atoms with van der Waals surface area (Å²) in [6, 6.07) is 11.4. The van der Waals surface area contributed by atoms with E-state index in [1.807, 2.05) is 38.1 Å². The highest BCUT2D eigenvalue weighted by Crippen LogP contribution is 2.26. The average molecular weight is 417 g/mol. The van der Waals surface area contributed by atoms with Crippen LogP contribution < -0.4 is 16.1 Å². The van der Waals surface area contributed by atoms with Crippen LogP contribution in [0.1, 0.15) is 23.1 Å². The Hall–Kier alpha value is -2.90. The van der Waals surface area contributed by atoms with Crippen molar-refractivity contribution < 1.29 is 14.3 Å². The second-order valence-corrected chi connectivity index (χ2v) is 6.91. The summed E-state index contributed by atoms with van der Waals surface area (Å²) in [6.45, 7) is 4.88. The van der Waals surface area contributed by atoms with E-state index in [0.717, 1.165) is 22.5 Å². The Morgan fingerprint density at radius 2 is 1.90 bits per heavy atom. The van der Waals surface area contributed by atoms with Crippen LogP contribution in [-0.4, -0.2) is 38.3 Å². The number of nitrogens with zero attached hydrogens (tertiary/aromatic N) is 1. The molecule has 2 amide bonds. The molecule has 154 valence electrons. The first-order valence-corrected chi connectivity index (χ1v) is 9.52. The molecule has 29 heavy (non-hydrogen) atoms. The summed E-state index contributed by atoms with van der Waals surface area (Å²) in [6.07, 6.45) is 2.06. The number of nitrogens with one attached hydrogen (secondary N) is 3. The van der Waals surface area contributed by atoms with Crippen LogP contribution in [0.2, 0.25) is 5.02 Å². The Labute approximate surface area is 175 Å². The van der Waals surface area contributed by atoms with Crippen molar-refractivity contribution in [3.8, 4) is 0 Å². The van der Waals surface area contributed by atoms with Gasteiger partial charge in [-0.2, -0.15) is 5.10 Å². The Balaban J connectivity index is 2.04. The van der Waals surface area contributed by atoms with E-state index in [0.29, 0.717) is 30.2 Å². The predicted molar refractivity (Wildman–Crippen MR) is 116 cm³/mol. The lowest BCUT2D eigenvalue weighted by atomic mass is 10.1. The smallest absolute Gasteiger partial charge is 0.329 e. The highest BCUT2D eigenvalue weighted by molar-refractivity contribution is 6.35. The molecule has 0 saturated carbocycles. The maximum Gasteiger partial charge on any atom is 0.329 e. The normalized spacial score (nSPS) is 10.8. The summed E-state index contributed by atoms with van der Waals surface area (Å²) in [5.41, 5.74) is 6.83. The van der Waals surface area contributed by atoms with Crippen molar-refractivity contribution >= 4 is 41.0 Å². The molecule has 0 aromatic heterocycles. The van der Waals surface area contributed by atoms with Crippen molar-refractivity contribution in [1.29, 1.82) is 0 Å². The molecule has 0 saturated heterocycles. The van der Waals surface area contributed by atoms with Crippen molar-refractivity contribution in [2.24, 2.45) is 5.10 Å². The summed E-state index contributed by atoms with van der Waals surface area (Å²) in [5.74, 6) is -1.59. The zero-order chi connectivity index (χ0) is 21.2. The third-order valence-electron chi connectivity index (χ3n) is 4.06. The molecule has 0 bridgehead atoms. The van der Waals surface area contributed by atoms with E-state index < -0.39 is 11.8 Å². The van der Waals surface area contributed by atoms with E-state index in [2.05, 4.69) is 21.2 Å². The summed E-state index contributed by atoms with van der Waals surface area (Å²) in [4.78, 5) is 23.5. The Bertz CT molecular complexity index is 899. The van der Waals surface area contributed by atoms with Gasteiger partial charge in [0, 0.05) is 42.2 Å². The Kier molecular flexibility index (Phi) is 8.64. The first-order valence-electron chi connectivity index (χ1n) is 9.14. The lowest BCUT2D eigenvalue weighted by molar-refractivity contribution is -0.139. The highest BCUT2D eigenvalue weighted by Gasteiger charge is 2.11. The fraction of sp³-hybridized carbons (Fsp3) is 0.286. The SMILES string of the molecule is COCCCNC(=O)C(=O)N/N=C\c1cc(Cl)ccc1Nc1cc(C)ccc1C. The second kappa shape index (κ2) is 11.2. The van der Waals surface area contributed by atoms with Gasteiger partial charge in [0.15, 0.2) is 0 Å². The fourth-order valence-electron chi connectivity index (χ4n) is 2.48. The number of carbonyl (C=O) groups is 2. The molecule has 0 aliphatic rings. The van der Waals surface area contributed by atoms with Crippen LogP contribution in [-0.2, 0) is 14.3 Å². The first kappa shape index (κ1) is 22.4. The molecule has 8 heteroatoms. The van der Waals surface area contributed by atoms with Crippen molar-refractivity contribution in [3.63, 3.8) is 0 Å². The van der Waals surface area contributed by atoms with Gasteiger partial charge in [-0.1, -0.05) is 23.7 Å². The van der Waals surface area contributed by atoms with Crippen LogP contribution in [0.5, 0.6) is 0 Å². The van der Waals surface area contributed by atoms with Gasteiger partial charge < -0.3 is 15.4 Å². The van der Waals surface area contributed by atoms with Crippen LogP contribution in [0.3, 0.4) is 0 Å². The molecular formula is C21H25ClN4O3. The number of ether oxygens (including phenoxy) is 1. The number of hydrogen-bond donors (Lipinski definition) is 3. The van der Waals surface area contributed by atoms with E-state index >= 15 is 0 Å². The average Bonchev–Trinajstić information content (AvgIpc) is 2.69. The predicted octanol–water partition coefficient (Wildman–Crippen LogP) is 3.30. The number of methoxy groups -OCH3 is 1. The third kappa shape index (κ3) is 7.21. The Morgan fingerprint density at radius 1 is 1.10 bits per heavy atom. The van der Waals surface area contributed by atoms with Crippen LogP contribution >= 0.6 is 11.6 Å².